The monoisotopic (exact) mass is 471 g/mol. The minimum atomic E-state index is -1.13. The molecule has 3 aromatic rings. The second kappa shape index (κ2) is 9.89. The third-order valence-corrected chi connectivity index (χ3v) is 4.72. The number of hydrogen-bond acceptors (Lipinski definition) is 7. The summed E-state index contributed by atoms with van der Waals surface area (Å²) < 4.78 is 8.49. The molecule has 12 heteroatoms. The van der Waals surface area contributed by atoms with Crippen molar-refractivity contribution in [3.05, 3.63) is 35.3 Å². The number of carbonyl (C=O) groups excluding carboxylic acids is 2. The molecule has 0 spiro atoms. The second-order valence-electron chi connectivity index (χ2n) is 8.68. The molecule has 0 aliphatic carbocycles. The molecule has 3 aromatic heterocycles. The van der Waals surface area contributed by atoms with Crippen LogP contribution in [0.3, 0.4) is 0 Å². The van der Waals surface area contributed by atoms with Crippen molar-refractivity contribution in [1.82, 2.24) is 29.6 Å². The lowest BCUT2D eigenvalue weighted by Gasteiger charge is -2.19. The first-order valence-electron chi connectivity index (χ1n) is 10.9. The van der Waals surface area contributed by atoms with E-state index in [-0.39, 0.29) is 11.5 Å². The zero-order valence-corrected chi connectivity index (χ0v) is 19.9. The molecule has 0 unspecified atom stereocenters. The van der Waals surface area contributed by atoms with Crippen LogP contribution in [-0.2, 0) is 17.8 Å². The predicted molar refractivity (Wildman–Crippen MR) is 124 cm³/mol. The second-order valence-corrected chi connectivity index (χ2v) is 8.68. The molecule has 12 nitrogen and oxygen atoms in total. The van der Waals surface area contributed by atoms with Gasteiger partial charge >= 0.3 is 12.1 Å². The molecule has 2 amide bonds. The highest BCUT2D eigenvalue weighted by Gasteiger charge is 2.20. The number of imidazole rings is 1. The molecule has 0 saturated heterocycles. The van der Waals surface area contributed by atoms with Gasteiger partial charge in [0, 0.05) is 25.8 Å². The number of alkyl carbamates (subject to hydrolysis) is 1. The molecule has 182 valence electrons. The zero-order valence-electron chi connectivity index (χ0n) is 19.9. The number of aryl methyl sites for hydroxylation is 3. The molecule has 34 heavy (non-hydrogen) atoms. The first kappa shape index (κ1) is 24.7. The number of pyridine rings is 1. The Morgan fingerprint density at radius 1 is 1.21 bits per heavy atom. The van der Waals surface area contributed by atoms with E-state index in [0.29, 0.717) is 48.6 Å². The number of nitrogens with zero attached hydrogens (tertiary/aromatic N) is 5. The van der Waals surface area contributed by atoms with E-state index < -0.39 is 23.6 Å². The van der Waals surface area contributed by atoms with Crippen molar-refractivity contribution in [3.8, 4) is 0 Å². The van der Waals surface area contributed by atoms with Crippen molar-refractivity contribution in [3.63, 3.8) is 0 Å². The maximum absolute atomic E-state index is 13.0. The van der Waals surface area contributed by atoms with Crippen molar-refractivity contribution in [2.24, 2.45) is 0 Å². The van der Waals surface area contributed by atoms with Crippen LogP contribution < -0.4 is 10.6 Å². The van der Waals surface area contributed by atoms with Crippen LogP contribution >= 0.6 is 0 Å². The van der Waals surface area contributed by atoms with Gasteiger partial charge in [0.1, 0.15) is 16.8 Å². The van der Waals surface area contributed by atoms with Gasteiger partial charge in [-0.25, -0.2) is 19.6 Å². The Morgan fingerprint density at radius 3 is 2.59 bits per heavy atom. The fourth-order valence-corrected chi connectivity index (χ4v) is 3.31. The fraction of sp³-hybridized carbons (Fsp3) is 0.455. The summed E-state index contributed by atoms with van der Waals surface area (Å²) in [4.78, 5) is 44.8. The van der Waals surface area contributed by atoms with Crippen molar-refractivity contribution < 1.29 is 24.2 Å². The van der Waals surface area contributed by atoms with Gasteiger partial charge in [-0.05, 0) is 53.2 Å². The Balaban J connectivity index is 1.83. The molecule has 0 atom stereocenters. The highest BCUT2D eigenvalue weighted by molar-refractivity contribution is 6.03. The molecule has 0 aliphatic heterocycles. The lowest BCUT2D eigenvalue weighted by atomic mass is 10.2. The first-order valence-corrected chi connectivity index (χ1v) is 10.9. The number of carboxylic acid groups (broad SMARTS) is 1. The number of rotatable bonds is 8. The molecular weight excluding hydrogens is 442 g/mol. The predicted octanol–water partition coefficient (Wildman–Crippen LogP) is 2.82. The summed E-state index contributed by atoms with van der Waals surface area (Å²) >= 11 is 0. The number of anilines is 1. The lowest BCUT2D eigenvalue weighted by molar-refractivity contribution is 0.0526. The summed E-state index contributed by atoms with van der Waals surface area (Å²) in [5, 5.41) is 19.0. The molecular formula is C22H29N7O5. The maximum atomic E-state index is 13.0. The summed E-state index contributed by atoms with van der Waals surface area (Å²) in [5.74, 6) is -1.31. The van der Waals surface area contributed by atoms with Crippen LogP contribution in [0.5, 0.6) is 0 Å². The molecule has 0 saturated carbocycles. The SMILES string of the molecule is CCn1nc(C)cc1C(=O)Nc1nc2cc(C(=O)O)cnc2n1CCCNC(=O)OC(C)(C)C. The topological polar surface area (TPSA) is 153 Å². The van der Waals surface area contributed by atoms with Crippen molar-refractivity contribution in [1.29, 1.82) is 0 Å². The molecule has 0 radical (unpaired) electrons. The summed E-state index contributed by atoms with van der Waals surface area (Å²) in [6, 6.07) is 3.08. The Kier molecular flexibility index (Phi) is 7.18. The molecule has 3 rings (SSSR count). The van der Waals surface area contributed by atoms with Crippen LogP contribution in [-0.4, -0.2) is 59.5 Å². The van der Waals surface area contributed by atoms with E-state index >= 15 is 0 Å². The molecule has 0 aliphatic rings. The van der Waals surface area contributed by atoms with Crippen molar-refractivity contribution >= 4 is 35.1 Å². The van der Waals surface area contributed by atoms with Crippen LogP contribution in [0.4, 0.5) is 10.7 Å². The number of aromatic nitrogens is 5. The van der Waals surface area contributed by atoms with Gasteiger partial charge in [0.15, 0.2) is 5.65 Å². The zero-order chi connectivity index (χ0) is 25.0. The number of amides is 2. The van der Waals surface area contributed by atoms with Crippen LogP contribution in [0.2, 0.25) is 0 Å². The van der Waals surface area contributed by atoms with Gasteiger partial charge in [0.25, 0.3) is 5.91 Å². The maximum Gasteiger partial charge on any atom is 0.407 e. The standard InChI is InChI=1S/C22H29N7O5/c1-6-29-16(10-13(2)27-29)18(30)26-20-25-15-11-14(19(31)32)12-24-17(15)28(20)9-7-8-23-21(33)34-22(3,4)5/h10-12H,6-9H2,1-5H3,(H,23,33)(H,31,32)(H,25,26,30). The van der Waals surface area contributed by atoms with Gasteiger partial charge in [-0.1, -0.05) is 0 Å². The average molecular weight is 472 g/mol. The minimum Gasteiger partial charge on any atom is -0.478 e. The average Bonchev–Trinajstić information content (AvgIpc) is 3.29. The number of fused-ring (bicyclic) bond motifs is 1. The van der Waals surface area contributed by atoms with E-state index in [1.54, 1.807) is 43.0 Å². The number of nitrogens with one attached hydrogen (secondary N) is 2. The van der Waals surface area contributed by atoms with Gasteiger partial charge in [0.2, 0.25) is 5.95 Å². The number of ether oxygens (including phenoxy) is 1. The Labute approximate surface area is 196 Å². The third-order valence-electron chi connectivity index (χ3n) is 4.72. The quantitative estimate of drug-likeness (QED) is 0.424. The normalized spacial score (nSPS) is 11.4. The summed E-state index contributed by atoms with van der Waals surface area (Å²) in [6.07, 6.45) is 1.20. The minimum absolute atomic E-state index is 0.0127. The van der Waals surface area contributed by atoms with Crippen LogP contribution in [0, 0.1) is 6.92 Å². The van der Waals surface area contributed by atoms with Gasteiger partial charge in [-0.2, -0.15) is 5.10 Å². The van der Waals surface area contributed by atoms with Crippen LogP contribution in [0.15, 0.2) is 18.3 Å². The molecule has 3 N–H and O–H groups in total. The van der Waals surface area contributed by atoms with E-state index in [4.69, 9.17) is 4.74 Å². The highest BCUT2D eigenvalue weighted by atomic mass is 16.6. The summed E-state index contributed by atoms with van der Waals surface area (Å²) in [6.45, 7) is 10.2. The molecule has 0 aromatic carbocycles. The van der Waals surface area contributed by atoms with Gasteiger partial charge in [-0.15, -0.1) is 0 Å². The van der Waals surface area contributed by atoms with Crippen LogP contribution in [0.1, 0.15) is 60.7 Å². The van der Waals surface area contributed by atoms with E-state index in [2.05, 4.69) is 25.7 Å². The molecule has 0 bridgehead atoms. The Bertz CT molecular complexity index is 1220. The molecule has 3 heterocycles. The largest absolute Gasteiger partial charge is 0.478 e. The van der Waals surface area contributed by atoms with Crippen LogP contribution in [0.25, 0.3) is 11.2 Å². The smallest absolute Gasteiger partial charge is 0.407 e. The highest BCUT2D eigenvalue weighted by Crippen LogP contribution is 2.20. The number of hydrogen-bond donors (Lipinski definition) is 3. The summed E-state index contributed by atoms with van der Waals surface area (Å²) in [7, 11) is 0. The first-order chi connectivity index (χ1) is 16.0. The van der Waals surface area contributed by atoms with Crippen molar-refractivity contribution in [2.45, 2.75) is 59.7 Å². The van der Waals surface area contributed by atoms with E-state index in [1.807, 2.05) is 6.92 Å². The number of carboxylic acids is 1. The third kappa shape index (κ3) is 5.88. The Morgan fingerprint density at radius 2 is 1.94 bits per heavy atom. The van der Waals surface area contributed by atoms with E-state index in [0.717, 1.165) is 0 Å². The number of carbonyl (C=O) groups is 3. The van der Waals surface area contributed by atoms with Gasteiger partial charge < -0.3 is 15.2 Å². The van der Waals surface area contributed by atoms with Crippen molar-refractivity contribution in [2.75, 3.05) is 11.9 Å². The van der Waals surface area contributed by atoms with Gasteiger partial charge in [-0.3, -0.25) is 19.4 Å². The lowest BCUT2D eigenvalue weighted by Crippen LogP contribution is -2.33. The fourth-order valence-electron chi connectivity index (χ4n) is 3.31. The molecule has 0 fully saturated rings. The van der Waals surface area contributed by atoms with E-state index in [1.165, 1.54) is 12.3 Å². The number of aromatic carboxylic acids is 1. The Hall–Kier alpha value is -3.96. The summed E-state index contributed by atoms with van der Waals surface area (Å²) in [5.41, 5.74) is 1.22. The van der Waals surface area contributed by atoms with E-state index in [9.17, 15) is 19.5 Å². The van der Waals surface area contributed by atoms with Gasteiger partial charge in [0.05, 0.1) is 11.3 Å².